The summed E-state index contributed by atoms with van der Waals surface area (Å²) < 4.78 is 0. The number of thioether (sulfide) groups is 1. The molecule has 3 nitrogen and oxygen atoms in total. The average Bonchev–Trinajstić information content (AvgIpc) is 2.57. The Balaban J connectivity index is 0.000000980. The van der Waals surface area contributed by atoms with Crippen molar-refractivity contribution in [3.8, 4) is 0 Å². The van der Waals surface area contributed by atoms with Crippen LogP contribution < -0.4 is 5.32 Å². The molecule has 14 heavy (non-hydrogen) atoms. The van der Waals surface area contributed by atoms with Crippen LogP contribution in [0.4, 0.5) is 0 Å². The van der Waals surface area contributed by atoms with Gasteiger partial charge in [-0.25, -0.2) is 9.97 Å². The van der Waals surface area contributed by atoms with E-state index in [4.69, 9.17) is 11.6 Å². The van der Waals surface area contributed by atoms with Gasteiger partial charge >= 0.3 is 0 Å². The Morgan fingerprint density at radius 3 is 3.07 bits per heavy atom. The first-order valence-corrected chi connectivity index (χ1v) is 5.46. The fraction of sp³-hybridized carbons (Fsp3) is 0.500. The number of nitrogens with one attached hydrogen (secondary N) is 1. The zero-order valence-corrected chi connectivity index (χ0v) is 9.83. The standard InChI is InChI=1S/C8H10ClN3S.ClH/c9-8-11-4-2-7(12-8)13-6-1-3-10-5-6;/h2,4,6,10H,1,3,5H2;1H/t6-;/m1./s1. The molecule has 0 bridgehead atoms. The maximum absolute atomic E-state index is 5.68. The SMILES string of the molecule is Cl.Clc1nccc(S[C@@H]2CCNC2)n1. The maximum Gasteiger partial charge on any atom is 0.223 e. The first-order chi connectivity index (χ1) is 6.34. The van der Waals surface area contributed by atoms with E-state index in [2.05, 4.69) is 15.3 Å². The summed E-state index contributed by atoms with van der Waals surface area (Å²) in [4.78, 5) is 7.97. The topological polar surface area (TPSA) is 37.8 Å². The Labute approximate surface area is 98.5 Å². The molecular formula is C8H11Cl2N3S. The average molecular weight is 252 g/mol. The summed E-state index contributed by atoms with van der Waals surface area (Å²) in [6.45, 7) is 2.17. The van der Waals surface area contributed by atoms with E-state index < -0.39 is 0 Å². The molecule has 1 aliphatic heterocycles. The molecule has 0 amide bonds. The van der Waals surface area contributed by atoms with Gasteiger partial charge in [-0.1, -0.05) is 0 Å². The van der Waals surface area contributed by atoms with Crippen LogP contribution in [0.3, 0.4) is 0 Å². The molecule has 1 aromatic heterocycles. The fourth-order valence-electron chi connectivity index (χ4n) is 1.28. The molecule has 1 saturated heterocycles. The number of halogens is 2. The van der Waals surface area contributed by atoms with Gasteiger partial charge in [-0.2, -0.15) is 0 Å². The zero-order valence-electron chi connectivity index (χ0n) is 7.44. The Morgan fingerprint density at radius 2 is 2.43 bits per heavy atom. The van der Waals surface area contributed by atoms with Gasteiger partial charge in [-0.05, 0) is 30.6 Å². The molecule has 0 saturated carbocycles. The van der Waals surface area contributed by atoms with Gasteiger partial charge in [-0.15, -0.1) is 24.2 Å². The lowest BCUT2D eigenvalue weighted by atomic mass is 10.4. The van der Waals surface area contributed by atoms with Crippen LogP contribution in [-0.4, -0.2) is 28.3 Å². The Hall–Kier alpha value is -0.0300. The van der Waals surface area contributed by atoms with E-state index in [1.807, 2.05) is 6.07 Å². The molecule has 1 fully saturated rings. The predicted octanol–water partition coefficient (Wildman–Crippen LogP) is 2.01. The third-order valence-corrected chi connectivity index (χ3v) is 3.29. The first-order valence-electron chi connectivity index (χ1n) is 4.20. The molecule has 1 aliphatic rings. The van der Waals surface area contributed by atoms with Crippen LogP contribution in [-0.2, 0) is 0 Å². The Morgan fingerprint density at radius 1 is 1.57 bits per heavy atom. The summed E-state index contributed by atoms with van der Waals surface area (Å²) in [6.07, 6.45) is 2.90. The third kappa shape index (κ3) is 3.28. The van der Waals surface area contributed by atoms with Gasteiger partial charge in [0.05, 0.1) is 0 Å². The van der Waals surface area contributed by atoms with Gasteiger partial charge in [0.2, 0.25) is 5.28 Å². The van der Waals surface area contributed by atoms with Crippen LogP contribution in [0.25, 0.3) is 0 Å². The van der Waals surface area contributed by atoms with E-state index in [1.165, 1.54) is 6.42 Å². The number of hydrogen-bond acceptors (Lipinski definition) is 4. The fourth-order valence-corrected chi connectivity index (χ4v) is 2.54. The quantitative estimate of drug-likeness (QED) is 0.645. The molecule has 0 radical (unpaired) electrons. The van der Waals surface area contributed by atoms with Crippen LogP contribution in [0.15, 0.2) is 17.3 Å². The molecule has 78 valence electrons. The highest BCUT2D eigenvalue weighted by Gasteiger charge is 2.16. The Bertz CT molecular complexity index is 292. The summed E-state index contributed by atoms with van der Waals surface area (Å²) >= 11 is 7.45. The van der Waals surface area contributed by atoms with E-state index in [9.17, 15) is 0 Å². The van der Waals surface area contributed by atoms with E-state index >= 15 is 0 Å². The Kier molecular flexibility index (Phi) is 4.95. The molecule has 1 N–H and O–H groups in total. The molecule has 6 heteroatoms. The van der Waals surface area contributed by atoms with Crippen molar-refractivity contribution in [2.45, 2.75) is 16.7 Å². The first kappa shape index (κ1) is 12.0. The van der Waals surface area contributed by atoms with E-state index in [0.717, 1.165) is 18.1 Å². The number of aromatic nitrogens is 2. The summed E-state index contributed by atoms with van der Waals surface area (Å²) in [5.41, 5.74) is 0. The van der Waals surface area contributed by atoms with Crippen LogP contribution in [0, 0.1) is 0 Å². The maximum atomic E-state index is 5.68. The zero-order chi connectivity index (χ0) is 9.10. The van der Waals surface area contributed by atoms with Gasteiger partial charge in [0.15, 0.2) is 0 Å². The lowest BCUT2D eigenvalue weighted by molar-refractivity contribution is 0.858. The predicted molar refractivity (Wildman–Crippen MR) is 61.4 cm³/mol. The summed E-state index contributed by atoms with van der Waals surface area (Å²) in [6, 6.07) is 1.90. The second-order valence-corrected chi connectivity index (χ2v) is 4.56. The van der Waals surface area contributed by atoms with E-state index in [0.29, 0.717) is 10.5 Å². The molecule has 2 rings (SSSR count). The minimum absolute atomic E-state index is 0. The van der Waals surface area contributed by atoms with Gasteiger partial charge in [0.25, 0.3) is 0 Å². The van der Waals surface area contributed by atoms with Crippen LogP contribution >= 0.6 is 35.8 Å². The summed E-state index contributed by atoms with van der Waals surface area (Å²) in [7, 11) is 0. The molecule has 2 heterocycles. The summed E-state index contributed by atoms with van der Waals surface area (Å²) in [5, 5.41) is 5.24. The summed E-state index contributed by atoms with van der Waals surface area (Å²) in [5.74, 6) is 0. The molecule has 1 aromatic rings. The smallest absolute Gasteiger partial charge is 0.223 e. The van der Waals surface area contributed by atoms with Crippen molar-refractivity contribution in [3.05, 3.63) is 17.5 Å². The van der Waals surface area contributed by atoms with Crippen molar-refractivity contribution in [1.29, 1.82) is 0 Å². The highest BCUT2D eigenvalue weighted by atomic mass is 35.5. The van der Waals surface area contributed by atoms with Gasteiger partial charge in [-0.3, -0.25) is 0 Å². The van der Waals surface area contributed by atoms with Crippen LogP contribution in [0.2, 0.25) is 5.28 Å². The van der Waals surface area contributed by atoms with Crippen LogP contribution in [0.1, 0.15) is 6.42 Å². The number of nitrogens with zero attached hydrogens (tertiary/aromatic N) is 2. The lowest BCUT2D eigenvalue weighted by Gasteiger charge is -2.05. The molecule has 1 atom stereocenters. The molecule has 0 unspecified atom stereocenters. The second kappa shape index (κ2) is 5.75. The normalized spacial score (nSPS) is 20.5. The number of hydrogen-bond donors (Lipinski definition) is 1. The van der Waals surface area contributed by atoms with Crippen LogP contribution in [0.5, 0.6) is 0 Å². The van der Waals surface area contributed by atoms with Gasteiger partial charge < -0.3 is 5.32 Å². The van der Waals surface area contributed by atoms with Crippen molar-refractivity contribution >= 4 is 35.8 Å². The molecule has 0 spiro atoms. The molecule has 0 aromatic carbocycles. The van der Waals surface area contributed by atoms with Gasteiger partial charge in [0, 0.05) is 18.0 Å². The van der Waals surface area contributed by atoms with Crippen molar-refractivity contribution in [1.82, 2.24) is 15.3 Å². The van der Waals surface area contributed by atoms with Gasteiger partial charge in [0.1, 0.15) is 5.03 Å². The second-order valence-electron chi connectivity index (χ2n) is 2.90. The van der Waals surface area contributed by atoms with Crippen molar-refractivity contribution in [2.24, 2.45) is 0 Å². The third-order valence-electron chi connectivity index (χ3n) is 1.90. The van der Waals surface area contributed by atoms with E-state index in [1.54, 1.807) is 18.0 Å². The lowest BCUT2D eigenvalue weighted by Crippen LogP contribution is -2.10. The number of rotatable bonds is 2. The molecule has 0 aliphatic carbocycles. The highest BCUT2D eigenvalue weighted by molar-refractivity contribution is 7.99. The molecular weight excluding hydrogens is 241 g/mol. The largest absolute Gasteiger partial charge is 0.316 e. The minimum Gasteiger partial charge on any atom is -0.316 e. The highest BCUT2D eigenvalue weighted by Crippen LogP contribution is 2.25. The minimum atomic E-state index is 0. The monoisotopic (exact) mass is 251 g/mol. The van der Waals surface area contributed by atoms with Crippen molar-refractivity contribution < 1.29 is 0 Å². The van der Waals surface area contributed by atoms with Crippen molar-refractivity contribution in [2.75, 3.05) is 13.1 Å². The van der Waals surface area contributed by atoms with E-state index in [-0.39, 0.29) is 12.4 Å². The van der Waals surface area contributed by atoms with Crippen molar-refractivity contribution in [3.63, 3.8) is 0 Å².